The summed E-state index contributed by atoms with van der Waals surface area (Å²) in [5.74, 6) is -1.54. The van der Waals surface area contributed by atoms with Gasteiger partial charge < -0.3 is 10.1 Å². The maximum absolute atomic E-state index is 13.1. The molecule has 0 aliphatic carbocycles. The van der Waals surface area contributed by atoms with Crippen molar-refractivity contribution in [2.24, 2.45) is 5.92 Å². The first-order chi connectivity index (χ1) is 15.0. The molecule has 1 heterocycles. The van der Waals surface area contributed by atoms with Gasteiger partial charge in [-0.25, -0.2) is 12.8 Å². The highest BCUT2D eigenvalue weighted by Gasteiger charge is 2.33. The smallest absolute Gasteiger partial charge is 0.406 e. The molecule has 1 amide bonds. The minimum atomic E-state index is -4.78. The first-order valence-corrected chi connectivity index (χ1v) is 11.3. The molecule has 11 heteroatoms. The van der Waals surface area contributed by atoms with Crippen LogP contribution in [0.25, 0.3) is 0 Å². The summed E-state index contributed by atoms with van der Waals surface area (Å²) < 4.78 is 80.3. The topological polar surface area (TPSA) is 75.7 Å². The largest absolute Gasteiger partial charge is 0.573 e. The number of nitrogens with one attached hydrogen (secondary N) is 1. The first kappa shape index (κ1) is 24.0. The molecule has 6 nitrogen and oxygen atoms in total. The van der Waals surface area contributed by atoms with Gasteiger partial charge in [-0.05, 0) is 61.7 Å². The molecule has 2 aromatic carbocycles. The van der Waals surface area contributed by atoms with Gasteiger partial charge in [-0.15, -0.1) is 13.2 Å². The van der Waals surface area contributed by atoms with Gasteiger partial charge in [0.05, 0.1) is 10.9 Å². The highest BCUT2D eigenvalue weighted by atomic mass is 32.2. The molecule has 1 aliphatic heterocycles. The molecule has 3 rings (SSSR count). The number of hydrogen-bond acceptors (Lipinski definition) is 4. The van der Waals surface area contributed by atoms with Crippen molar-refractivity contribution in [2.45, 2.75) is 37.1 Å². The van der Waals surface area contributed by atoms with Crippen molar-refractivity contribution in [3.63, 3.8) is 0 Å². The molecule has 1 atom stereocenters. The minimum absolute atomic E-state index is 0.00614. The Balaban J connectivity index is 1.54. The predicted octanol–water partition coefficient (Wildman–Crippen LogP) is 4.00. The molecule has 0 aromatic heterocycles. The third-order valence-corrected chi connectivity index (χ3v) is 7.16. The second-order valence-corrected chi connectivity index (χ2v) is 9.42. The number of nitrogens with zero attached hydrogens (tertiary/aromatic N) is 1. The van der Waals surface area contributed by atoms with Crippen LogP contribution >= 0.6 is 0 Å². The normalized spacial score (nSPS) is 17.0. The number of benzene rings is 2. The molecule has 1 saturated heterocycles. The van der Waals surface area contributed by atoms with E-state index in [1.54, 1.807) is 6.92 Å². The van der Waals surface area contributed by atoms with Gasteiger partial charge in [0.15, 0.2) is 0 Å². The molecule has 0 spiro atoms. The molecular weight excluding hydrogens is 452 g/mol. The van der Waals surface area contributed by atoms with Crippen LogP contribution in [0, 0.1) is 11.7 Å². The number of hydrogen-bond donors (Lipinski definition) is 1. The number of piperidine rings is 1. The molecule has 1 aliphatic rings. The van der Waals surface area contributed by atoms with Crippen molar-refractivity contribution in [2.75, 3.05) is 13.1 Å². The highest BCUT2D eigenvalue weighted by molar-refractivity contribution is 7.89. The molecular formula is C21H22F4N2O4S. The van der Waals surface area contributed by atoms with Crippen molar-refractivity contribution in [3.8, 4) is 5.75 Å². The molecule has 0 bridgehead atoms. The summed E-state index contributed by atoms with van der Waals surface area (Å²) in [6.07, 6.45) is -4.14. The zero-order valence-electron chi connectivity index (χ0n) is 17.1. The summed E-state index contributed by atoms with van der Waals surface area (Å²) in [5.41, 5.74) is 0.601. The fraction of sp³-hybridized carbons (Fsp3) is 0.381. The lowest BCUT2D eigenvalue weighted by Gasteiger charge is -2.31. The second-order valence-electron chi connectivity index (χ2n) is 7.48. The third-order valence-electron chi connectivity index (χ3n) is 5.25. The fourth-order valence-electron chi connectivity index (χ4n) is 3.49. The van der Waals surface area contributed by atoms with Gasteiger partial charge in [-0.3, -0.25) is 4.79 Å². The van der Waals surface area contributed by atoms with E-state index in [-0.39, 0.29) is 29.6 Å². The number of carbonyl (C=O) groups is 1. The van der Waals surface area contributed by atoms with Crippen molar-refractivity contribution in [1.29, 1.82) is 0 Å². The van der Waals surface area contributed by atoms with Gasteiger partial charge in [-0.1, -0.05) is 12.1 Å². The van der Waals surface area contributed by atoms with Crippen LogP contribution in [0.15, 0.2) is 53.4 Å². The quantitative estimate of drug-likeness (QED) is 0.643. The van der Waals surface area contributed by atoms with E-state index in [4.69, 9.17) is 0 Å². The summed E-state index contributed by atoms with van der Waals surface area (Å²) >= 11 is 0. The van der Waals surface area contributed by atoms with E-state index in [9.17, 15) is 30.8 Å². The lowest BCUT2D eigenvalue weighted by Crippen LogP contribution is -2.43. The molecule has 1 N–H and O–H groups in total. The van der Waals surface area contributed by atoms with E-state index in [0.29, 0.717) is 18.4 Å². The summed E-state index contributed by atoms with van der Waals surface area (Å²) in [7, 11) is -3.77. The van der Waals surface area contributed by atoms with Crippen LogP contribution in [0.2, 0.25) is 0 Å². The summed E-state index contributed by atoms with van der Waals surface area (Å²) in [4.78, 5) is 12.6. The van der Waals surface area contributed by atoms with E-state index < -0.39 is 34.2 Å². The SMILES string of the molecule is CC(NC(=O)C1CCN(S(=O)(=O)c2ccc(F)cc2)CC1)c1ccc(OC(F)(F)F)cc1. The zero-order valence-corrected chi connectivity index (χ0v) is 17.9. The van der Waals surface area contributed by atoms with Gasteiger partial charge in [0.1, 0.15) is 11.6 Å². The van der Waals surface area contributed by atoms with Crippen LogP contribution in [0.1, 0.15) is 31.4 Å². The summed E-state index contributed by atoms with van der Waals surface area (Å²) in [5, 5.41) is 2.81. The zero-order chi connectivity index (χ0) is 23.5. The predicted molar refractivity (Wildman–Crippen MR) is 108 cm³/mol. The van der Waals surface area contributed by atoms with E-state index in [0.717, 1.165) is 12.1 Å². The highest BCUT2D eigenvalue weighted by Crippen LogP contribution is 2.27. The average molecular weight is 474 g/mol. The van der Waals surface area contributed by atoms with Crippen molar-refractivity contribution < 1.29 is 35.5 Å². The average Bonchev–Trinajstić information content (AvgIpc) is 2.73. The lowest BCUT2D eigenvalue weighted by molar-refractivity contribution is -0.274. The maximum Gasteiger partial charge on any atom is 0.573 e. The Morgan fingerprint density at radius 3 is 2.16 bits per heavy atom. The molecule has 174 valence electrons. The van der Waals surface area contributed by atoms with Gasteiger partial charge in [0.25, 0.3) is 0 Å². The van der Waals surface area contributed by atoms with E-state index >= 15 is 0 Å². The molecule has 32 heavy (non-hydrogen) atoms. The molecule has 0 saturated carbocycles. The van der Waals surface area contributed by atoms with Gasteiger partial charge in [0, 0.05) is 19.0 Å². The molecule has 1 unspecified atom stereocenters. The second kappa shape index (κ2) is 9.45. The Kier molecular flexibility index (Phi) is 7.09. The number of ether oxygens (including phenoxy) is 1. The number of halogens is 4. The first-order valence-electron chi connectivity index (χ1n) is 9.87. The summed E-state index contributed by atoms with van der Waals surface area (Å²) in [6, 6.07) is 9.32. The van der Waals surface area contributed by atoms with E-state index in [1.165, 1.54) is 40.7 Å². The van der Waals surface area contributed by atoms with Gasteiger partial charge >= 0.3 is 6.36 Å². The van der Waals surface area contributed by atoms with Crippen LogP contribution in [0.5, 0.6) is 5.75 Å². The maximum atomic E-state index is 13.1. The number of rotatable bonds is 6. The Morgan fingerprint density at radius 1 is 1.06 bits per heavy atom. The van der Waals surface area contributed by atoms with Crippen LogP contribution < -0.4 is 10.1 Å². The van der Waals surface area contributed by atoms with Crippen LogP contribution in [-0.4, -0.2) is 38.1 Å². The van der Waals surface area contributed by atoms with Crippen molar-refractivity contribution in [1.82, 2.24) is 9.62 Å². The Morgan fingerprint density at radius 2 is 1.62 bits per heavy atom. The van der Waals surface area contributed by atoms with Crippen LogP contribution in [0.3, 0.4) is 0 Å². The Bertz CT molecular complexity index is 1030. The lowest BCUT2D eigenvalue weighted by atomic mass is 9.96. The number of sulfonamides is 1. The van der Waals surface area contributed by atoms with Crippen LogP contribution in [-0.2, 0) is 14.8 Å². The minimum Gasteiger partial charge on any atom is -0.406 e. The molecule has 0 radical (unpaired) electrons. The Hall–Kier alpha value is -2.66. The van der Waals surface area contributed by atoms with Gasteiger partial charge in [-0.2, -0.15) is 4.31 Å². The number of amides is 1. The van der Waals surface area contributed by atoms with Crippen LogP contribution in [0.4, 0.5) is 17.6 Å². The van der Waals surface area contributed by atoms with Crippen molar-refractivity contribution in [3.05, 3.63) is 59.9 Å². The standard InChI is InChI=1S/C21H22F4N2O4S/c1-14(15-2-6-18(7-3-15)31-21(23,24)25)26-20(28)16-10-12-27(13-11-16)32(29,30)19-8-4-17(22)5-9-19/h2-9,14,16H,10-13H2,1H3,(H,26,28). The molecule has 1 fully saturated rings. The third kappa shape index (κ3) is 5.98. The monoisotopic (exact) mass is 474 g/mol. The fourth-order valence-corrected chi connectivity index (χ4v) is 4.96. The summed E-state index contributed by atoms with van der Waals surface area (Å²) in [6.45, 7) is 2.00. The van der Waals surface area contributed by atoms with E-state index in [1.807, 2.05) is 0 Å². The van der Waals surface area contributed by atoms with Crippen molar-refractivity contribution >= 4 is 15.9 Å². The number of carbonyl (C=O) groups excluding carboxylic acids is 1. The molecule has 2 aromatic rings. The van der Waals surface area contributed by atoms with E-state index in [2.05, 4.69) is 10.1 Å². The van der Waals surface area contributed by atoms with Gasteiger partial charge in [0.2, 0.25) is 15.9 Å². The number of alkyl halides is 3. The Labute approximate surface area is 183 Å².